The molecule has 6 heteroatoms. The van der Waals surface area contributed by atoms with Crippen molar-refractivity contribution in [3.05, 3.63) is 99.3 Å². The summed E-state index contributed by atoms with van der Waals surface area (Å²) in [5.74, 6) is 0.570. The van der Waals surface area contributed by atoms with E-state index >= 15 is 0 Å². The number of amides is 2. The molecule has 4 rings (SSSR count). The third-order valence-electron chi connectivity index (χ3n) is 6.40. The van der Waals surface area contributed by atoms with Gasteiger partial charge in [-0.3, -0.25) is 9.59 Å². The van der Waals surface area contributed by atoms with E-state index in [0.717, 1.165) is 28.9 Å². The Labute approximate surface area is 211 Å². The Balaban J connectivity index is 1.53. The first kappa shape index (κ1) is 24.7. The molecule has 182 valence electrons. The molecule has 2 aromatic carbocycles. The van der Waals surface area contributed by atoms with Crippen LogP contribution in [0.3, 0.4) is 0 Å². The topological polar surface area (TPSA) is 49.9 Å². The van der Waals surface area contributed by atoms with E-state index in [9.17, 15) is 9.59 Å². The lowest BCUT2D eigenvalue weighted by Gasteiger charge is -2.37. The van der Waals surface area contributed by atoms with Crippen molar-refractivity contribution in [2.75, 3.05) is 26.2 Å². The van der Waals surface area contributed by atoms with Crippen molar-refractivity contribution in [2.24, 2.45) is 0 Å². The Hall–Kier alpha value is -3.38. The predicted octanol–water partition coefficient (Wildman–Crippen LogP) is 5.51. The van der Waals surface area contributed by atoms with Crippen LogP contribution in [0.5, 0.6) is 5.75 Å². The zero-order valence-electron chi connectivity index (χ0n) is 20.6. The van der Waals surface area contributed by atoms with Gasteiger partial charge in [-0.2, -0.15) is 0 Å². The molecule has 0 N–H and O–H groups in total. The van der Waals surface area contributed by atoms with Crippen molar-refractivity contribution < 1.29 is 14.3 Å². The highest BCUT2D eigenvalue weighted by atomic mass is 32.1. The van der Waals surface area contributed by atoms with E-state index in [4.69, 9.17) is 4.74 Å². The summed E-state index contributed by atoms with van der Waals surface area (Å²) in [5, 5.41) is 2.08. The van der Waals surface area contributed by atoms with Crippen molar-refractivity contribution >= 4 is 23.2 Å². The summed E-state index contributed by atoms with van der Waals surface area (Å²) in [6, 6.07) is 15.4. The fourth-order valence-electron chi connectivity index (χ4n) is 4.51. The quantitative estimate of drug-likeness (QED) is 0.393. The van der Waals surface area contributed by atoms with Gasteiger partial charge in [-0.15, -0.1) is 17.9 Å². The van der Waals surface area contributed by atoms with Gasteiger partial charge in [-0.1, -0.05) is 41.5 Å². The SMILES string of the molecule is C=CCN(CC(=O)N1CCc2sccc2[C@H]1COc1ccc(C)cc1C)C(=O)c1ccc(C)cc1. The summed E-state index contributed by atoms with van der Waals surface area (Å²) < 4.78 is 6.23. The minimum atomic E-state index is -0.196. The van der Waals surface area contributed by atoms with Crippen LogP contribution in [0.1, 0.15) is 43.5 Å². The molecule has 35 heavy (non-hydrogen) atoms. The van der Waals surface area contributed by atoms with E-state index in [1.54, 1.807) is 34.4 Å². The second-order valence-electron chi connectivity index (χ2n) is 9.07. The number of carbonyl (C=O) groups is 2. The van der Waals surface area contributed by atoms with Gasteiger partial charge < -0.3 is 14.5 Å². The third kappa shape index (κ3) is 5.65. The maximum absolute atomic E-state index is 13.6. The molecule has 0 bridgehead atoms. The first-order valence-corrected chi connectivity index (χ1v) is 12.8. The van der Waals surface area contributed by atoms with Gasteiger partial charge in [0.1, 0.15) is 18.9 Å². The van der Waals surface area contributed by atoms with Crippen LogP contribution in [0.25, 0.3) is 0 Å². The van der Waals surface area contributed by atoms with E-state index in [1.807, 2.05) is 43.0 Å². The highest BCUT2D eigenvalue weighted by Crippen LogP contribution is 2.34. The Morgan fingerprint density at radius 3 is 2.57 bits per heavy atom. The van der Waals surface area contributed by atoms with Crippen LogP contribution >= 0.6 is 11.3 Å². The molecule has 0 spiro atoms. The fraction of sp³-hybridized carbons (Fsp3) is 0.310. The van der Waals surface area contributed by atoms with Gasteiger partial charge in [0, 0.05) is 23.5 Å². The molecule has 1 atom stereocenters. The number of hydrogen-bond acceptors (Lipinski definition) is 4. The molecule has 0 radical (unpaired) electrons. The maximum Gasteiger partial charge on any atom is 0.254 e. The molecule has 0 saturated heterocycles. The van der Waals surface area contributed by atoms with E-state index in [-0.39, 0.29) is 24.4 Å². The minimum absolute atomic E-state index is 0.00173. The standard InChI is InChI=1S/C29H32N2O3S/c1-5-14-30(29(33)23-9-6-20(2)7-10-23)18-28(32)31-15-12-27-24(13-16-35-27)25(31)19-34-26-11-8-21(3)17-22(26)4/h5-11,13,16-17,25H,1,12,14-15,18-19H2,2-4H3/t25-/m1/s1. The summed E-state index contributed by atoms with van der Waals surface area (Å²) in [6.07, 6.45) is 2.47. The number of aryl methyl sites for hydroxylation is 3. The lowest BCUT2D eigenvalue weighted by molar-refractivity contribution is -0.135. The van der Waals surface area contributed by atoms with Crippen molar-refractivity contribution in [1.29, 1.82) is 0 Å². The Kier molecular flexibility index (Phi) is 7.71. The summed E-state index contributed by atoms with van der Waals surface area (Å²) in [7, 11) is 0. The Morgan fingerprint density at radius 2 is 1.86 bits per heavy atom. The van der Waals surface area contributed by atoms with Gasteiger partial charge in [-0.05, 0) is 68.0 Å². The van der Waals surface area contributed by atoms with Crippen molar-refractivity contribution in [2.45, 2.75) is 33.2 Å². The average molecular weight is 489 g/mol. The van der Waals surface area contributed by atoms with Crippen molar-refractivity contribution in [3.63, 3.8) is 0 Å². The van der Waals surface area contributed by atoms with Crippen molar-refractivity contribution in [3.8, 4) is 5.75 Å². The first-order chi connectivity index (χ1) is 16.9. The molecule has 2 amide bonds. The number of rotatable bonds is 8. The van der Waals surface area contributed by atoms with Crippen LogP contribution < -0.4 is 4.74 Å². The summed E-state index contributed by atoms with van der Waals surface area (Å²) in [6.45, 7) is 11.1. The third-order valence-corrected chi connectivity index (χ3v) is 7.40. The van der Waals surface area contributed by atoms with Crippen LogP contribution in [0.4, 0.5) is 0 Å². The number of fused-ring (bicyclic) bond motifs is 1. The molecule has 0 aliphatic carbocycles. The van der Waals surface area contributed by atoms with E-state index < -0.39 is 0 Å². The molecule has 1 aromatic heterocycles. The van der Waals surface area contributed by atoms with Crippen LogP contribution in [0, 0.1) is 20.8 Å². The molecule has 0 saturated carbocycles. The first-order valence-electron chi connectivity index (χ1n) is 11.9. The van der Waals surface area contributed by atoms with Crippen LogP contribution in [0.2, 0.25) is 0 Å². The van der Waals surface area contributed by atoms with Gasteiger partial charge in [-0.25, -0.2) is 0 Å². The maximum atomic E-state index is 13.6. The predicted molar refractivity (Wildman–Crippen MR) is 141 cm³/mol. The zero-order chi connectivity index (χ0) is 24.9. The lowest BCUT2D eigenvalue weighted by Crippen LogP contribution is -2.47. The lowest BCUT2D eigenvalue weighted by atomic mass is 10.00. The Bertz CT molecular complexity index is 1210. The molecular formula is C29H32N2O3S. The normalized spacial score (nSPS) is 14.8. The number of thiophene rings is 1. The van der Waals surface area contributed by atoms with Crippen LogP contribution in [-0.2, 0) is 11.2 Å². The van der Waals surface area contributed by atoms with Crippen LogP contribution in [0.15, 0.2) is 66.6 Å². The second kappa shape index (κ2) is 10.9. The van der Waals surface area contributed by atoms with Crippen molar-refractivity contribution in [1.82, 2.24) is 9.80 Å². The molecule has 3 aromatic rings. The average Bonchev–Trinajstić information content (AvgIpc) is 3.32. The number of hydrogen-bond donors (Lipinski definition) is 0. The van der Waals surface area contributed by atoms with Gasteiger partial charge in [0.05, 0.1) is 6.04 Å². The van der Waals surface area contributed by atoms with Crippen LogP contribution in [-0.4, -0.2) is 47.9 Å². The summed E-state index contributed by atoms with van der Waals surface area (Å²) >= 11 is 1.72. The second-order valence-corrected chi connectivity index (χ2v) is 10.1. The summed E-state index contributed by atoms with van der Waals surface area (Å²) in [5.41, 5.74) is 5.05. The number of ether oxygens (including phenoxy) is 1. The molecule has 0 fully saturated rings. The van der Waals surface area contributed by atoms with Gasteiger partial charge in [0.2, 0.25) is 5.91 Å². The number of carbonyl (C=O) groups excluding carboxylic acids is 2. The summed E-state index contributed by atoms with van der Waals surface area (Å²) in [4.78, 5) is 31.5. The zero-order valence-corrected chi connectivity index (χ0v) is 21.4. The van der Waals surface area contributed by atoms with E-state index in [0.29, 0.717) is 25.3 Å². The van der Waals surface area contributed by atoms with Gasteiger partial charge in [0.15, 0.2) is 0 Å². The smallest absolute Gasteiger partial charge is 0.254 e. The van der Waals surface area contributed by atoms with E-state index in [1.165, 1.54) is 10.4 Å². The monoisotopic (exact) mass is 488 g/mol. The largest absolute Gasteiger partial charge is 0.491 e. The molecule has 2 heterocycles. The molecule has 1 aliphatic rings. The number of nitrogens with zero attached hydrogens (tertiary/aromatic N) is 2. The highest BCUT2D eigenvalue weighted by molar-refractivity contribution is 7.10. The fourth-order valence-corrected chi connectivity index (χ4v) is 5.44. The van der Waals surface area contributed by atoms with Gasteiger partial charge >= 0.3 is 0 Å². The highest BCUT2D eigenvalue weighted by Gasteiger charge is 2.33. The number of benzene rings is 2. The molecule has 1 aliphatic heterocycles. The molecular weight excluding hydrogens is 456 g/mol. The Morgan fingerprint density at radius 1 is 1.11 bits per heavy atom. The molecule has 0 unspecified atom stereocenters. The van der Waals surface area contributed by atoms with E-state index in [2.05, 4.69) is 31.0 Å². The minimum Gasteiger partial charge on any atom is -0.491 e. The van der Waals surface area contributed by atoms with Gasteiger partial charge in [0.25, 0.3) is 5.91 Å². The molecule has 5 nitrogen and oxygen atoms in total.